The minimum atomic E-state index is -1.06. The Bertz CT molecular complexity index is 805. The van der Waals surface area contributed by atoms with Crippen molar-refractivity contribution < 1.29 is 24.2 Å². The summed E-state index contributed by atoms with van der Waals surface area (Å²) in [6, 6.07) is 14.6. The predicted octanol–water partition coefficient (Wildman–Crippen LogP) is 3.18. The lowest BCUT2D eigenvalue weighted by molar-refractivity contribution is -0.134. The van der Waals surface area contributed by atoms with Crippen LogP contribution in [0.2, 0.25) is 0 Å². The van der Waals surface area contributed by atoms with Crippen LogP contribution in [-0.2, 0) is 16.1 Å². The van der Waals surface area contributed by atoms with E-state index in [0.717, 1.165) is 18.4 Å². The van der Waals surface area contributed by atoms with Gasteiger partial charge in [0, 0.05) is 13.2 Å². The van der Waals surface area contributed by atoms with Crippen LogP contribution in [0.25, 0.3) is 0 Å². The van der Waals surface area contributed by atoms with E-state index in [1.54, 1.807) is 12.1 Å². The van der Waals surface area contributed by atoms with Gasteiger partial charge in [0.2, 0.25) is 5.91 Å². The van der Waals surface area contributed by atoms with Crippen LogP contribution in [0.3, 0.4) is 0 Å². The summed E-state index contributed by atoms with van der Waals surface area (Å²) >= 11 is 0. The van der Waals surface area contributed by atoms with E-state index in [1.807, 2.05) is 30.3 Å². The minimum absolute atomic E-state index is 0.0763. The number of methoxy groups -OCH3 is 1. The zero-order valence-corrected chi connectivity index (χ0v) is 15.2. The number of nitrogens with one attached hydrogen (secondary N) is 1. The van der Waals surface area contributed by atoms with Crippen molar-refractivity contribution >= 4 is 11.9 Å². The third kappa shape index (κ3) is 4.46. The molecule has 2 atom stereocenters. The highest BCUT2D eigenvalue weighted by Crippen LogP contribution is 2.33. The molecular formula is C21H23NO5. The summed E-state index contributed by atoms with van der Waals surface area (Å²) in [6.45, 7) is 0.894. The Morgan fingerprint density at radius 1 is 1.22 bits per heavy atom. The second kappa shape index (κ2) is 8.68. The van der Waals surface area contributed by atoms with Crippen LogP contribution < -0.4 is 10.1 Å². The monoisotopic (exact) mass is 369 g/mol. The van der Waals surface area contributed by atoms with Gasteiger partial charge in [0.25, 0.3) is 0 Å². The maximum Gasteiger partial charge on any atom is 0.339 e. The average molecular weight is 369 g/mol. The second-order valence-electron chi connectivity index (χ2n) is 6.51. The van der Waals surface area contributed by atoms with E-state index in [2.05, 4.69) is 5.32 Å². The van der Waals surface area contributed by atoms with Crippen molar-refractivity contribution in [1.82, 2.24) is 5.32 Å². The smallest absolute Gasteiger partial charge is 0.339 e. The number of benzene rings is 2. The molecule has 2 aromatic rings. The third-order valence-corrected chi connectivity index (χ3v) is 4.75. The van der Waals surface area contributed by atoms with E-state index in [1.165, 1.54) is 13.2 Å². The Morgan fingerprint density at radius 3 is 2.70 bits per heavy atom. The molecule has 0 aliphatic carbocycles. The number of aromatic carboxylic acids is 1. The molecule has 1 heterocycles. The molecule has 2 N–H and O–H groups in total. The third-order valence-electron chi connectivity index (χ3n) is 4.75. The van der Waals surface area contributed by atoms with E-state index in [-0.39, 0.29) is 30.0 Å². The Hall–Kier alpha value is -2.86. The van der Waals surface area contributed by atoms with Crippen LogP contribution in [0.4, 0.5) is 0 Å². The summed E-state index contributed by atoms with van der Waals surface area (Å²) in [5.74, 6) is -1.12. The topological polar surface area (TPSA) is 84.9 Å². The van der Waals surface area contributed by atoms with Gasteiger partial charge in [-0.3, -0.25) is 4.79 Å². The van der Waals surface area contributed by atoms with Gasteiger partial charge in [-0.15, -0.1) is 0 Å². The molecule has 2 aromatic carbocycles. The Balaban J connectivity index is 1.69. The average Bonchev–Trinajstić information content (AvgIpc) is 2.72. The minimum Gasteiger partial charge on any atom is -0.496 e. The Morgan fingerprint density at radius 2 is 2.00 bits per heavy atom. The first kappa shape index (κ1) is 18.9. The molecule has 3 rings (SSSR count). The highest BCUT2D eigenvalue weighted by atomic mass is 16.5. The lowest BCUT2D eigenvalue weighted by Crippen LogP contribution is -2.37. The molecule has 142 valence electrons. The van der Waals surface area contributed by atoms with Gasteiger partial charge in [0.1, 0.15) is 11.3 Å². The van der Waals surface area contributed by atoms with Crippen molar-refractivity contribution in [2.75, 3.05) is 13.7 Å². The molecule has 0 saturated carbocycles. The number of ether oxygens (including phenoxy) is 2. The van der Waals surface area contributed by atoms with E-state index in [4.69, 9.17) is 9.47 Å². The van der Waals surface area contributed by atoms with E-state index < -0.39 is 5.97 Å². The summed E-state index contributed by atoms with van der Waals surface area (Å²) in [5.41, 5.74) is 1.77. The fourth-order valence-electron chi connectivity index (χ4n) is 3.37. The zero-order valence-electron chi connectivity index (χ0n) is 15.2. The quantitative estimate of drug-likeness (QED) is 0.817. The molecule has 0 aromatic heterocycles. The molecule has 27 heavy (non-hydrogen) atoms. The van der Waals surface area contributed by atoms with Gasteiger partial charge >= 0.3 is 5.97 Å². The molecule has 0 unspecified atom stereocenters. The van der Waals surface area contributed by atoms with Gasteiger partial charge in [0.15, 0.2) is 0 Å². The van der Waals surface area contributed by atoms with Gasteiger partial charge in [-0.1, -0.05) is 36.4 Å². The zero-order chi connectivity index (χ0) is 19.2. The van der Waals surface area contributed by atoms with Crippen LogP contribution in [0, 0.1) is 5.92 Å². The van der Waals surface area contributed by atoms with Crippen LogP contribution in [0.5, 0.6) is 5.75 Å². The molecule has 6 heteroatoms. The number of carboxylic acids is 1. The lowest BCUT2D eigenvalue weighted by atomic mass is 9.88. The summed E-state index contributed by atoms with van der Waals surface area (Å²) in [7, 11) is 1.43. The molecule has 1 fully saturated rings. The van der Waals surface area contributed by atoms with Crippen molar-refractivity contribution in [1.29, 1.82) is 0 Å². The van der Waals surface area contributed by atoms with E-state index in [0.29, 0.717) is 17.9 Å². The Labute approximate surface area is 158 Å². The predicted molar refractivity (Wildman–Crippen MR) is 99.7 cm³/mol. The van der Waals surface area contributed by atoms with Crippen LogP contribution >= 0.6 is 0 Å². The number of carboxylic acid groups (broad SMARTS) is 1. The number of hydrogen-bond donors (Lipinski definition) is 2. The molecule has 1 amide bonds. The summed E-state index contributed by atoms with van der Waals surface area (Å²) < 4.78 is 10.9. The van der Waals surface area contributed by atoms with Crippen LogP contribution in [0.1, 0.15) is 40.4 Å². The molecule has 1 aliphatic heterocycles. The van der Waals surface area contributed by atoms with Gasteiger partial charge in [0.05, 0.1) is 19.1 Å². The van der Waals surface area contributed by atoms with Crippen molar-refractivity contribution in [2.45, 2.75) is 25.5 Å². The number of hydrogen-bond acceptors (Lipinski definition) is 4. The fraction of sp³-hybridized carbons (Fsp3) is 0.333. The molecular weight excluding hydrogens is 346 g/mol. The van der Waals surface area contributed by atoms with Crippen molar-refractivity contribution in [3.8, 4) is 5.75 Å². The van der Waals surface area contributed by atoms with Gasteiger partial charge in [-0.05, 0) is 36.1 Å². The van der Waals surface area contributed by atoms with Crippen molar-refractivity contribution in [2.24, 2.45) is 5.92 Å². The first-order valence-corrected chi connectivity index (χ1v) is 8.94. The molecule has 0 bridgehead atoms. The Kier molecular flexibility index (Phi) is 6.08. The summed E-state index contributed by atoms with van der Waals surface area (Å²) in [6.07, 6.45) is 1.34. The number of carbonyl (C=O) groups excluding carboxylic acids is 1. The SMILES string of the molecule is COc1ccc(CNC(=O)[C@H]2CCCO[C@@H]2c2ccccc2)cc1C(=O)O. The highest BCUT2D eigenvalue weighted by molar-refractivity contribution is 5.91. The lowest BCUT2D eigenvalue weighted by Gasteiger charge is -2.31. The maximum absolute atomic E-state index is 12.8. The molecule has 0 radical (unpaired) electrons. The number of carbonyl (C=O) groups is 2. The summed E-state index contributed by atoms with van der Waals surface area (Å²) in [5, 5.41) is 12.2. The maximum atomic E-state index is 12.8. The fourth-order valence-corrected chi connectivity index (χ4v) is 3.37. The first-order chi connectivity index (χ1) is 13.1. The van der Waals surface area contributed by atoms with Gasteiger partial charge in [-0.2, -0.15) is 0 Å². The second-order valence-corrected chi connectivity index (χ2v) is 6.51. The standard InChI is InChI=1S/C21H23NO5/c1-26-18-10-9-14(12-17(18)21(24)25)13-22-20(23)16-8-5-11-27-19(16)15-6-3-2-4-7-15/h2-4,6-7,9-10,12,16,19H,5,8,11,13H2,1H3,(H,22,23)(H,24,25)/t16-,19+/m0/s1. The van der Waals surface area contributed by atoms with Crippen molar-refractivity contribution in [3.63, 3.8) is 0 Å². The number of rotatable bonds is 6. The molecule has 0 spiro atoms. The largest absolute Gasteiger partial charge is 0.496 e. The van der Waals surface area contributed by atoms with Crippen LogP contribution in [0.15, 0.2) is 48.5 Å². The number of amides is 1. The van der Waals surface area contributed by atoms with Gasteiger partial charge < -0.3 is 19.9 Å². The van der Waals surface area contributed by atoms with Crippen molar-refractivity contribution in [3.05, 3.63) is 65.2 Å². The van der Waals surface area contributed by atoms with E-state index >= 15 is 0 Å². The normalized spacial score (nSPS) is 19.3. The first-order valence-electron chi connectivity index (χ1n) is 8.94. The molecule has 6 nitrogen and oxygen atoms in total. The molecule has 1 saturated heterocycles. The molecule has 1 aliphatic rings. The summed E-state index contributed by atoms with van der Waals surface area (Å²) in [4.78, 5) is 24.1. The van der Waals surface area contributed by atoms with E-state index in [9.17, 15) is 14.7 Å². The van der Waals surface area contributed by atoms with Gasteiger partial charge in [-0.25, -0.2) is 4.79 Å². The van der Waals surface area contributed by atoms with Crippen LogP contribution in [-0.4, -0.2) is 30.7 Å². The highest BCUT2D eigenvalue weighted by Gasteiger charge is 2.32.